The zero-order chi connectivity index (χ0) is 16.1. The number of amides is 1. The maximum Gasteiger partial charge on any atom is 0.251 e. The van der Waals surface area contributed by atoms with Gasteiger partial charge in [0.2, 0.25) is 0 Å². The molecule has 1 aliphatic rings. The molecule has 0 bridgehead atoms. The van der Waals surface area contributed by atoms with Gasteiger partial charge in [-0.05, 0) is 54.7 Å². The Morgan fingerprint density at radius 2 is 1.87 bits per heavy atom. The fraction of sp³-hybridized carbons (Fsp3) is 0.368. The summed E-state index contributed by atoms with van der Waals surface area (Å²) in [6.07, 6.45) is 5.27. The third-order valence-electron chi connectivity index (χ3n) is 4.32. The molecule has 4 nitrogen and oxygen atoms in total. The van der Waals surface area contributed by atoms with Crippen LogP contribution in [0.3, 0.4) is 0 Å². The lowest BCUT2D eigenvalue weighted by atomic mass is 10.1. The molecule has 0 atom stereocenters. The summed E-state index contributed by atoms with van der Waals surface area (Å²) in [4.78, 5) is 19.0. The molecule has 1 aromatic heterocycles. The van der Waals surface area contributed by atoms with Crippen LogP contribution < -0.4 is 10.2 Å². The average Bonchev–Trinajstić information content (AvgIpc) is 3.15. The molecule has 1 amide bonds. The van der Waals surface area contributed by atoms with E-state index >= 15 is 0 Å². The van der Waals surface area contributed by atoms with Crippen molar-refractivity contribution in [1.29, 1.82) is 0 Å². The molecule has 0 unspecified atom stereocenters. The number of hydrogen-bond donors (Lipinski definition) is 1. The van der Waals surface area contributed by atoms with Crippen molar-refractivity contribution in [2.45, 2.75) is 32.7 Å². The van der Waals surface area contributed by atoms with Crippen LogP contribution in [-0.4, -0.2) is 24.0 Å². The highest BCUT2D eigenvalue weighted by Crippen LogP contribution is 2.18. The summed E-state index contributed by atoms with van der Waals surface area (Å²) in [6.45, 7) is 4.79. The van der Waals surface area contributed by atoms with Gasteiger partial charge in [0.15, 0.2) is 0 Å². The van der Waals surface area contributed by atoms with Gasteiger partial charge in [0.25, 0.3) is 5.91 Å². The molecular formula is C19H23N3O. The lowest BCUT2D eigenvalue weighted by Gasteiger charge is -2.17. The van der Waals surface area contributed by atoms with Crippen LogP contribution in [0.1, 0.15) is 41.3 Å². The van der Waals surface area contributed by atoms with E-state index in [0.29, 0.717) is 12.1 Å². The molecule has 0 saturated carbocycles. The molecule has 0 aliphatic carbocycles. The average molecular weight is 309 g/mol. The number of rotatable bonds is 5. The number of carbonyl (C=O) groups is 1. The van der Waals surface area contributed by atoms with E-state index in [1.807, 2.05) is 36.5 Å². The van der Waals surface area contributed by atoms with Gasteiger partial charge in [-0.1, -0.05) is 19.1 Å². The quantitative estimate of drug-likeness (QED) is 0.922. The zero-order valence-corrected chi connectivity index (χ0v) is 13.6. The molecule has 23 heavy (non-hydrogen) atoms. The van der Waals surface area contributed by atoms with Gasteiger partial charge in [0.1, 0.15) is 5.82 Å². The third-order valence-corrected chi connectivity index (χ3v) is 4.32. The summed E-state index contributed by atoms with van der Waals surface area (Å²) in [5, 5.41) is 2.99. The van der Waals surface area contributed by atoms with E-state index in [4.69, 9.17) is 0 Å². The summed E-state index contributed by atoms with van der Waals surface area (Å²) in [7, 11) is 0. The van der Waals surface area contributed by atoms with E-state index in [0.717, 1.165) is 30.9 Å². The maximum absolute atomic E-state index is 12.2. The molecule has 0 spiro atoms. The summed E-state index contributed by atoms with van der Waals surface area (Å²) in [6, 6.07) is 11.8. The first-order valence-corrected chi connectivity index (χ1v) is 8.33. The highest BCUT2D eigenvalue weighted by Gasteiger charge is 2.13. The summed E-state index contributed by atoms with van der Waals surface area (Å²) in [5.74, 6) is 0.980. The fourth-order valence-electron chi connectivity index (χ4n) is 2.87. The van der Waals surface area contributed by atoms with Crippen molar-refractivity contribution in [1.82, 2.24) is 10.3 Å². The Morgan fingerprint density at radius 3 is 2.57 bits per heavy atom. The van der Waals surface area contributed by atoms with Crippen molar-refractivity contribution >= 4 is 11.7 Å². The van der Waals surface area contributed by atoms with Gasteiger partial charge in [0, 0.05) is 31.4 Å². The molecule has 1 saturated heterocycles. The van der Waals surface area contributed by atoms with Gasteiger partial charge in [-0.15, -0.1) is 0 Å². The molecule has 1 aromatic carbocycles. The van der Waals surface area contributed by atoms with Crippen LogP contribution >= 0.6 is 0 Å². The maximum atomic E-state index is 12.2. The van der Waals surface area contributed by atoms with Gasteiger partial charge in [0.05, 0.1) is 0 Å². The molecule has 1 fully saturated rings. The third kappa shape index (κ3) is 3.89. The van der Waals surface area contributed by atoms with Crippen molar-refractivity contribution in [2.75, 3.05) is 18.0 Å². The van der Waals surface area contributed by atoms with E-state index in [1.165, 1.54) is 18.4 Å². The predicted octanol–water partition coefficient (Wildman–Crippen LogP) is 3.17. The van der Waals surface area contributed by atoms with Gasteiger partial charge in [-0.25, -0.2) is 4.98 Å². The number of anilines is 1. The Kier molecular flexibility index (Phi) is 4.91. The number of aromatic nitrogens is 1. The summed E-state index contributed by atoms with van der Waals surface area (Å²) in [5.41, 5.74) is 3.03. The Morgan fingerprint density at radius 1 is 1.13 bits per heavy atom. The van der Waals surface area contributed by atoms with Crippen molar-refractivity contribution in [3.63, 3.8) is 0 Å². The number of pyridine rings is 1. The molecule has 1 N–H and O–H groups in total. The fourth-order valence-corrected chi connectivity index (χ4v) is 2.87. The molecule has 2 aromatic rings. The number of nitrogens with one attached hydrogen (secondary N) is 1. The molecular weight excluding hydrogens is 286 g/mol. The normalized spacial score (nSPS) is 14.0. The van der Waals surface area contributed by atoms with E-state index in [2.05, 4.69) is 28.2 Å². The monoisotopic (exact) mass is 309 g/mol. The SMILES string of the molecule is CCc1ccc(C(=O)NCc2ccnc(N3CCCC3)c2)cc1. The number of aryl methyl sites for hydroxylation is 1. The van der Waals surface area contributed by atoms with E-state index in [1.54, 1.807) is 0 Å². The molecule has 4 heteroatoms. The Balaban J connectivity index is 1.60. The van der Waals surface area contributed by atoms with Crippen LogP contribution in [-0.2, 0) is 13.0 Å². The van der Waals surface area contributed by atoms with Crippen molar-refractivity contribution in [3.05, 3.63) is 59.3 Å². The topological polar surface area (TPSA) is 45.2 Å². The van der Waals surface area contributed by atoms with Gasteiger partial charge in [-0.2, -0.15) is 0 Å². The first kappa shape index (κ1) is 15.5. The second-order valence-corrected chi connectivity index (χ2v) is 5.95. The molecule has 3 rings (SSSR count). The van der Waals surface area contributed by atoms with Gasteiger partial charge < -0.3 is 10.2 Å². The van der Waals surface area contributed by atoms with Crippen molar-refractivity contribution < 1.29 is 4.79 Å². The predicted molar refractivity (Wildman–Crippen MR) is 92.7 cm³/mol. The van der Waals surface area contributed by atoms with E-state index < -0.39 is 0 Å². The van der Waals surface area contributed by atoms with Gasteiger partial charge in [-0.3, -0.25) is 4.79 Å². The highest BCUT2D eigenvalue weighted by molar-refractivity contribution is 5.94. The van der Waals surface area contributed by atoms with Crippen LogP contribution in [0, 0.1) is 0 Å². The molecule has 120 valence electrons. The highest BCUT2D eigenvalue weighted by atomic mass is 16.1. The Labute approximate surface area is 137 Å². The van der Waals surface area contributed by atoms with Crippen LogP contribution in [0.4, 0.5) is 5.82 Å². The lowest BCUT2D eigenvalue weighted by molar-refractivity contribution is 0.0951. The Bertz CT molecular complexity index is 661. The van der Waals surface area contributed by atoms with Crippen LogP contribution in [0.2, 0.25) is 0 Å². The van der Waals surface area contributed by atoms with Crippen LogP contribution in [0.25, 0.3) is 0 Å². The summed E-state index contributed by atoms with van der Waals surface area (Å²) < 4.78 is 0. The minimum atomic E-state index is -0.0350. The first-order chi connectivity index (χ1) is 11.3. The number of hydrogen-bond acceptors (Lipinski definition) is 3. The largest absolute Gasteiger partial charge is 0.357 e. The van der Waals surface area contributed by atoms with Crippen LogP contribution in [0.15, 0.2) is 42.6 Å². The second-order valence-electron chi connectivity index (χ2n) is 5.95. The number of carbonyl (C=O) groups excluding carboxylic acids is 1. The van der Waals surface area contributed by atoms with Crippen molar-refractivity contribution in [2.24, 2.45) is 0 Å². The van der Waals surface area contributed by atoms with E-state index in [-0.39, 0.29) is 5.91 Å². The minimum absolute atomic E-state index is 0.0350. The van der Waals surface area contributed by atoms with Crippen LogP contribution in [0.5, 0.6) is 0 Å². The standard InChI is InChI=1S/C19H23N3O/c1-2-15-5-7-17(8-6-15)19(23)21-14-16-9-10-20-18(13-16)22-11-3-4-12-22/h5-10,13H,2-4,11-12,14H2,1H3,(H,21,23). The second kappa shape index (κ2) is 7.27. The number of benzene rings is 1. The lowest BCUT2D eigenvalue weighted by Crippen LogP contribution is -2.23. The van der Waals surface area contributed by atoms with Crippen molar-refractivity contribution in [3.8, 4) is 0 Å². The molecule has 1 aliphatic heterocycles. The molecule has 0 radical (unpaired) electrons. The first-order valence-electron chi connectivity index (χ1n) is 8.33. The molecule has 2 heterocycles. The minimum Gasteiger partial charge on any atom is -0.357 e. The zero-order valence-electron chi connectivity index (χ0n) is 13.6. The number of nitrogens with zero attached hydrogens (tertiary/aromatic N) is 2. The Hall–Kier alpha value is -2.36. The van der Waals surface area contributed by atoms with Gasteiger partial charge >= 0.3 is 0 Å². The smallest absolute Gasteiger partial charge is 0.251 e. The van der Waals surface area contributed by atoms with E-state index in [9.17, 15) is 4.79 Å². The summed E-state index contributed by atoms with van der Waals surface area (Å²) >= 11 is 0.